The molecule has 1 unspecified atom stereocenters. The Hall–Kier alpha value is -2.28. The number of hydrogen-bond donors (Lipinski definition) is 1. The molecule has 0 saturated heterocycles. The molecule has 0 aliphatic carbocycles. The van der Waals surface area contributed by atoms with Crippen LogP contribution < -0.4 is 5.32 Å². The van der Waals surface area contributed by atoms with Crippen LogP contribution in [-0.4, -0.2) is 21.7 Å². The quantitative estimate of drug-likeness (QED) is 0.644. The van der Waals surface area contributed by atoms with E-state index in [0.29, 0.717) is 11.5 Å². The van der Waals surface area contributed by atoms with Gasteiger partial charge >= 0.3 is 0 Å². The van der Waals surface area contributed by atoms with Crippen molar-refractivity contribution in [2.45, 2.75) is 26.3 Å². The number of nitrogens with one attached hydrogen (secondary N) is 1. The zero-order valence-corrected chi connectivity index (χ0v) is 11.4. The van der Waals surface area contributed by atoms with Crippen molar-refractivity contribution >= 4 is 5.69 Å². The van der Waals surface area contributed by atoms with Gasteiger partial charge in [0.15, 0.2) is 0 Å². The number of para-hydroxylation sites is 1. The molecule has 0 radical (unpaired) electrons. The smallest absolute Gasteiger partial charge is 0.282 e. The lowest BCUT2D eigenvalue weighted by Crippen LogP contribution is -2.20. The summed E-state index contributed by atoms with van der Waals surface area (Å²) in [4.78, 5) is 10.5. The molecule has 20 heavy (non-hydrogen) atoms. The highest BCUT2D eigenvalue weighted by atomic mass is 16.6. The van der Waals surface area contributed by atoms with Crippen LogP contribution in [0.15, 0.2) is 28.7 Å². The minimum Gasteiger partial charge on any atom is -0.419 e. The average Bonchev–Trinajstić information content (AvgIpc) is 2.94. The van der Waals surface area contributed by atoms with Crippen LogP contribution in [0.3, 0.4) is 0 Å². The van der Waals surface area contributed by atoms with E-state index in [1.165, 1.54) is 6.07 Å². The minimum absolute atomic E-state index is 0.0379. The summed E-state index contributed by atoms with van der Waals surface area (Å²) in [6.45, 7) is 4.77. The van der Waals surface area contributed by atoms with Gasteiger partial charge in [0, 0.05) is 6.07 Å². The highest BCUT2D eigenvalue weighted by molar-refractivity contribution is 5.66. The summed E-state index contributed by atoms with van der Waals surface area (Å²) in [6.07, 6.45) is 0.798. The Kier molecular flexibility index (Phi) is 4.41. The molecule has 1 N–H and O–H groups in total. The maximum absolute atomic E-state index is 11.0. The van der Waals surface area contributed by atoms with E-state index in [0.717, 1.165) is 13.0 Å². The third kappa shape index (κ3) is 2.83. The molecular formula is C13H16N4O3. The first-order valence-electron chi connectivity index (χ1n) is 6.47. The van der Waals surface area contributed by atoms with Crippen molar-refractivity contribution in [3.05, 3.63) is 40.3 Å². The van der Waals surface area contributed by atoms with Gasteiger partial charge in [-0.15, -0.1) is 10.2 Å². The monoisotopic (exact) mass is 276 g/mol. The molecule has 0 aliphatic heterocycles. The number of rotatable bonds is 6. The molecule has 0 aliphatic rings. The van der Waals surface area contributed by atoms with Gasteiger partial charge in [-0.2, -0.15) is 0 Å². The maximum atomic E-state index is 11.0. The van der Waals surface area contributed by atoms with Crippen LogP contribution in [0.25, 0.3) is 11.5 Å². The lowest BCUT2D eigenvalue weighted by Gasteiger charge is -2.09. The molecule has 0 saturated carbocycles. The standard InChI is InChI=1S/C13H16N4O3/c1-3-10(14-4-2)13-16-15-12(20-13)9-7-5-6-8-11(9)17(18)19/h5-8,10,14H,3-4H2,1-2H3. The van der Waals surface area contributed by atoms with E-state index in [-0.39, 0.29) is 17.6 Å². The average molecular weight is 276 g/mol. The largest absolute Gasteiger partial charge is 0.419 e. The number of nitro benzene ring substituents is 1. The molecule has 2 aromatic rings. The summed E-state index contributed by atoms with van der Waals surface area (Å²) in [7, 11) is 0. The molecule has 7 heteroatoms. The van der Waals surface area contributed by atoms with E-state index in [2.05, 4.69) is 15.5 Å². The second-order valence-corrected chi connectivity index (χ2v) is 4.24. The van der Waals surface area contributed by atoms with Crippen molar-refractivity contribution in [2.24, 2.45) is 0 Å². The molecule has 1 aromatic carbocycles. The summed E-state index contributed by atoms with van der Waals surface area (Å²) < 4.78 is 5.58. The van der Waals surface area contributed by atoms with E-state index in [9.17, 15) is 10.1 Å². The van der Waals surface area contributed by atoms with Crippen LogP contribution in [-0.2, 0) is 0 Å². The first-order valence-corrected chi connectivity index (χ1v) is 6.47. The van der Waals surface area contributed by atoms with Crippen LogP contribution in [0.5, 0.6) is 0 Å². The summed E-state index contributed by atoms with van der Waals surface area (Å²) in [6, 6.07) is 6.29. The van der Waals surface area contributed by atoms with Crippen molar-refractivity contribution in [1.82, 2.24) is 15.5 Å². The number of nitro groups is 1. The number of hydrogen-bond acceptors (Lipinski definition) is 6. The Morgan fingerprint density at radius 1 is 1.35 bits per heavy atom. The Morgan fingerprint density at radius 3 is 2.75 bits per heavy atom. The summed E-state index contributed by atoms with van der Waals surface area (Å²) in [5.74, 6) is 0.617. The molecule has 7 nitrogen and oxygen atoms in total. The number of nitrogens with zero attached hydrogens (tertiary/aromatic N) is 3. The van der Waals surface area contributed by atoms with Crippen LogP contribution >= 0.6 is 0 Å². The van der Waals surface area contributed by atoms with Gasteiger partial charge < -0.3 is 9.73 Å². The van der Waals surface area contributed by atoms with Crippen LogP contribution in [0.2, 0.25) is 0 Å². The third-order valence-electron chi connectivity index (χ3n) is 2.93. The Labute approximate surface area is 116 Å². The normalized spacial score (nSPS) is 12.3. The molecule has 106 valence electrons. The zero-order chi connectivity index (χ0) is 14.5. The topological polar surface area (TPSA) is 94.1 Å². The Balaban J connectivity index is 2.36. The van der Waals surface area contributed by atoms with E-state index in [1.807, 2.05) is 13.8 Å². The molecule has 1 atom stereocenters. The molecule has 1 aromatic heterocycles. The van der Waals surface area contributed by atoms with Crippen molar-refractivity contribution in [1.29, 1.82) is 0 Å². The van der Waals surface area contributed by atoms with Crippen molar-refractivity contribution in [3.8, 4) is 11.5 Å². The van der Waals surface area contributed by atoms with Gasteiger partial charge in [-0.25, -0.2) is 0 Å². The molecule has 2 rings (SSSR count). The summed E-state index contributed by atoms with van der Waals surface area (Å²) in [5, 5.41) is 22.1. The van der Waals surface area contributed by atoms with E-state index in [4.69, 9.17) is 4.42 Å². The molecule has 0 bridgehead atoms. The zero-order valence-electron chi connectivity index (χ0n) is 11.4. The highest BCUT2D eigenvalue weighted by Gasteiger charge is 2.22. The van der Waals surface area contributed by atoms with Gasteiger partial charge in [0.05, 0.1) is 11.0 Å². The van der Waals surface area contributed by atoms with Gasteiger partial charge in [0.25, 0.3) is 11.6 Å². The van der Waals surface area contributed by atoms with Crippen LogP contribution in [0, 0.1) is 10.1 Å². The summed E-state index contributed by atoms with van der Waals surface area (Å²) in [5.41, 5.74) is 0.293. The number of aromatic nitrogens is 2. The Morgan fingerprint density at radius 2 is 2.10 bits per heavy atom. The van der Waals surface area contributed by atoms with Crippen molar-refractivity contribution in [2.75, 3.05) is 6.54 Å². The fraction of sp³-hybridized carbons (Fsp3) is 0.385. The van der Waals surface area contributed by atoms with Gasteiger partial charge in [-0.1, -0.05) is 26.0 Å². The van der Waals surface area contributed by atoms with Crippen molar-refractivity contribution < 1.29 is 9.34 Å². The first-order chi connectivity index (χ1) is 9.67. The second-order valence-electron chi connectivity index (χ2n) is 4.24. The van der Waals surface area contributed by atoms with E-state index < -0.39 is 4.92 Å². The third-order valence-corrected chi connectivity index (χ3v) is 2.93. The van der Waals surface area contributed by atoms with E-state index >= 15 is 0 Å². The molecule has 0 spiro atoms. The fourth-order valence-electron chi connectivity index (χ4n) is 1.95. The van der Waals surface area contributed by atoms with Gasteiger partial charge in [-0.3, -0.25) is 10.1 Å². The van der Waals surface area contributed by atoms with Crippen LogP contribution in [0.4, 0.5) is 5.69 Å². The predicted molar refractivity (Wildman–Crippen MR) is 73.1 cm³/mol. The lowest BCUT2D eigenvalue weighted by atomic mass is 10.2. The minimum atomic E-state index is -0.458. The maximum Gasteiger partial charge on any atom is 0.282 e. The summed E-state index contributed by atoms with van der Waals surface area (Å²) >= 11 is 0. The van der Waals surface area contributed by atoms with Crippen molar-refractivity contribution in [3.63, 3.8) is 0 Å². The Bertz CT molecular complexity index is 597. The van der Waals surface area contributed by atoms with E-state index in [1.54, 1.807) is 18.2 Å². The molecule has 1 heterocycles. The fourth-order valence-corrected chi connectivity index (χ4v) is 1.95. The molecule has 0 amide bonds. The molecular weight excluding hydrogens is 260 g/mol. The molecule has 0 fully saturated rings. The van der Waals surface area contributed by atoms with Crippen LogP contribution in [0.1, 0.15) is 32.2 Å². The predicted octanol–water partition coefficient (Wildman–Crippen LogP) is 2.71. The van der Waals surface area contributed by atoms with Gasteiger partial charge in [-0.05, 0) is 19.0 Å². The second kappa shape index (κ2) is 6.25. The SMILES string of the molecule is CCNC(CC)c1nnc(-c2ccccc2[N+](=O)[O-])o1. The van der Waals surface area contributed by atoms with Gasteiger partial charge in [0.1, 0.15) is 5.56 Å². The lowest BCUT2D eigenvalue weighted by molar-refractivity contribution is -0.384. The first kappa shape index (κ1) is 14.1. The number of benzene rings is 1. The van der Waals surface area contributed by atoms with Gasteiger partial charge in [0.2, 0.25) is 5.89 Å². The highest BCUT2D eigenvalue weighted by Crippen LogP contribution is 2.29.